The normalized spacial score (nSPS) is 13.8. The van der Waals surface area contributed by atoms with Gasteiger partial charge in [0.25, 0.3) is 11.8 Å². The van der Waals surface area contributed by atoms with Crippen molar-refractivity contribution >= 4 is 29.7 Å². The van der Waals surface area contributed by atoms with Crippen molar-refractivity contribution in [1.82, 2.24) is 9.80 Å². The van der Waals surface area contributed by atoms with E-state index in [1.165, 1.54) is 6.92 Å². The third-order valence-corrected chi connectivity index (χ3v) is 4.65. The third kappa shape index (κ3) is 4.43. The monoisotopic (exact) mass is 379 g/mol. The minimum Gasteiger partial charge on any atom is -0.342 e. The van der Waals surface area contributed by atoms with Crippen molar-refractivity contribution in [3.63, 3.8) is 0 Å². The Bertz CT molecular complexity index is 917. The molecule has 0 aliphatic carbocycles. The van der Waals surface area contributed by atoms with Crippen molar-refractivity contribution in [2.24, 2.45) is 0 Å². The molecule has 7 nitrogen and oxygen atoms in total. The zero-order valence-electron chi connectivity index (χ0n) is 15.6. The summed E-state index contributed by atoms with van der Waals surface area (Å²) in [5, 5.41) is 2.75. The van der Waals surface area contributed by atoms with E-state index in [0.29, 0.717) is 48.6 Å². The van der Waals surface area contributed by atoms with Crippen molar-refractivity contribution < 1.29 is 19.2 Å². The number of nitrogens with one attached hydrogen (secondary N) is 1. The lowest BCUT2D eigenvalue weighted by atomic mass is 10.1. The lowest BCUT2D eigenvalue weighted by Gasteiger charge is -2.32. The van der Waals surface area contributed by atoms with Gasteiger partial charge in [-0.1, -0.05) is 18.2 Å². The molecule has 2 aromatic carbocycles. The molecule has 0 aromatic heterocycles. The molecule has 3 amide bonds. The number of Topliss-reactive ketones (excluding diaryl/α,β-unsaturated/α-hetero) is 1. The molecule has 2 aromatic rings. The number of ketones is 1. The first-order valence-corrected chi connectivity index (χ1v) is 8.99. The third-order valence-electron chi connectivity index (χ3n) is 4.65. The van der Waals surface area contributed by atoms with Gasteiger partial charge in [0.2, 0.25) is 6.41 Å². The van der Waals surface area contributed by atoms with E-state index < -0.39 is 0 Å². The van der Waals surface area contributed by atoms with Gasteiger partial charge in [-0.3, -0.25) is 19.2 Å². The molecule has 1 aliphatic heterocycles. The van der Waals surface area contributed by atoms with Crippen LogP contribution in [0.15, 0.2) is 48.5 Å². The van der Waals surface area contributed by atoms with Crippen LogP contribution in [0.25, 0.3) is 0 Å². The van der Waals surface area contributed by atoms with Gasteiger partial charge in [-0.2, -0.15) is 0 Å². The van der Waals surface area contributed by atoms with Crippen LogP contribution in [0.1, 0.15) is 38.0 Å². The summed E-state index contributed by atoms with van der Waals surface area (Å²) < 4.78 is 0. The molecule has 1 N–H and O–H groups in total. The number of amides is 3. The highest BCUT2D eigenvalue weighted by Crippen LogP contribution is 2.15. The summed E-state index contributed by atoms with van der Waals surface area (Å²) in [5.74, 6) is -0.613. The zero-order valence-corrected chi connectivity index (χ0v) is 15.6. The van der Waals surface area contributed by atoms with Gasteiger partial charge in [-0.25, -0.2) is 0 Å². The summed E-state index contributed by atoms with van der Waals surface area (Å²) in [6, 6.07) is 13.2. The molecule has 3 rings (SSSR count). The number of piperazine rings is 1. The maximum atomic E-state index is 12.7. The molecule has 0 bridgehead atoms. The quantitative estimate of drug-likeness (QED) is 0.636. The number of nitrogens with zero attached hydrogens (tertiary/aromatic N) is 2. The highest BCUT2D eigenvalue weighted by Gasteiger charge is 2.22. The first-order chi connectivity index (χ1) is 13.5. The molecular weight excluding hydrogens is 358 g/mol. The van der Waals surface area contributed by atoms with Crippen LogP contribution in [0.3, 0.4) is 0 Å². The van der Waals surface area contributed by atoms with Crippen molar-refractivity contribution in [1.29, 1.82) is 0 Å². The molecule has 1 fully saturated rings. The number of carbonyl (C=O) groups excluding carboxylic acids is 4. The van der Waals surface area contributed by atoms with E-state index in [9.17, 15) is 19.2 Å². The van der Waals surface area contributed by atoms with Crippen LogP contribution < -0.4 is 5.32 Å². The van der Waals surface area contributed by atoms with Crippen LogP contribution in [-0.2, 0) is 4.79 Å². The van der Waals surface area contributed by atoms with Gasteiger partial charge < -0.3 is 15.1 Å². The molecule has 1 saturated heterocycles. The average Bonchev–Trinajstić information content (AvgIpc) is 2.73. The minimum absolute atomic E-state index is 0.0848. The van der Waals surface area contributed by atoms with E-state index in [1.54, 1.807) is 58.3 Å². The molecule has 1 heterocycles. The highest BCUT2D eigenvalue weighted by atomic mass is 16.2. The largest absolute Gasteiger partial charge is 0.342 e. The zero-order chi connectivity index (χ0) is 20.1. The van der Waals surface area contributed by atoms with Crippen molar-refractivity contribution in [2.75, 3.05) is 31.5 Å². The molecule has 0 atom stereocenters. The lowest BCUT2D eigenvalue weighted by Crippen LogP contribution is -2.48. The van der Waals surface area contributed by atoms with E-state index in [-0.39, 0.29) is 17.6 Å². The molecule has 0 radical (unpaired) electrons. The van der Waals surface area contributed by atoms with Crippen LogP contribution in [-0.4, -0.2) is 60.0 Å². The number of anilines is 1. The smallest absolute Gasteiger partial charge is 0.255 e. The highest BCUT2D eigenvalue weighted by molar-refractivity contribution is 6.06. The topological polar surface area (TPSA) is 86.8 Å². The lowest BCUT2D eigenvalue weighted by molar-refractivity contribution is -0.119. The van der Waals surface area contributed by atoms with E-state index in [1.807, 2.05) is 0 Å². The van der Waals surface area contributed by atoms with Crippen LogP contribution in [0.2, 0.25) is 0 Å². The fraction of sp³-hybridized carbons (Fsp3) is 0.238. The van der Waals surface area contributed by atoms with Gasteiger partial charge in [0.05, 0.1) is 0 Å². The Balaban J connectivity index is 1.71. The van der Waals surface area contributed by atoms with Gasteiger partial charge in [0.15, 0.2) is 5.78 Å². The first-order valence-electron chi connectivity index (χ1n) is 8.99. The number of hydrogen-bond acceptors (Lipinski definition) is 4. The first kappa shape index (κ1) is 19.3. The van der Waals surface area contributed by atoms with Crippen molar-refractivity contribution in [3.05, 3.63) is 65.2 Å². The molecule has 28 heavy (non-hydrogen) atoms. The van der Waals surface area contributed by atoms with E-state index in [2.05, 4.69) is 5.32 Å². The van der Waals surface area contributed by atoms with Crippen molar-refractivity contribution in [2.45, 2.75) is 6.92 Å². The summed E-state index contributed by atoms with van der Waals surface area (Å²) in [6.07, 6.45) is 0.786. The maximum Gasteiger partial charge on any atom is 0.255 e. The minimum atomic E-state index is -0.360. The van der Waals surface area contributed by atoms with Gasteiger partial charge in [-0.05, 0) is 37.3 Å². The van der Waals surface area contributed by atoms with Gasteiger partial charge >= 0.3 is 0 Å². The molecule has 1 aliphatic rings. The molecule has 0 saturated carbocycles. The van der Waals surface area contributed by atoms with E-state index >= 15 is 0 Å². The van der Waals surface area contributed by atoms with Crippen LogP contribution in [0.5, 0.6) is 0 Å². The summed E-state index contributed by atoms with van der Waals surface area (Å²) in [4.78, 5) is 50.8. The fourth-order valence-corrected chi connectivity index (χ4v) is 3.03. The SMILES string of the molecule is CC(=O)c1cccc(NC(=O)c2cccc(C(=O)N3CCN(C=O)CC3)c2)c1. The average molecular weight is 379 g/mol. The predicted octanol–water partition coefficient (Wildman–Crippen LogP) is 2.06. The van der Waals surface area contributed by atoms with Crippen molar-refractivity contribution in [3.8, 4) is 0 Å². The fourth-order valence-electron chi connectivity index (χ4n) is 3.03. The Kier molecular flexibility index (Phi) is 5.84. The van der Waals surface area contributed by atoms with Crippen LogP contribution in [0, 0.1) is 0 Å². The number of benzene rings is 2. The molecule has 144 valence electrons. The number of carbonyl (C=O) groups is 4. The Morgan fingerprint density at radius 1 is 0.893 bits per heavy atom. The number of hydrogen-bond donors (Lipinski definition) is 1. The molecule has 0 unspecified atom stereocenters. The molecular formula is C21H21N3O4. The molecule has 0 spiro atoms. The Hall–Kier alpha value is -3.48. The van der Waals surface area contributed by atoms with Gasteiger partial charge in [0, 0.05) is 48.6 Å². The van der Waals surface area contributed by atoms with Gasteiger partial charge in [-0.15, -0.1) is 0 Å². The standard InChI is InChI=1S/C21H21N3O4/c1-15(26)16-4-3-7-19(13-16)22-20(27)17-5-2-6-18(12-17)21(28)24-10-8-23(14-25)9-11-24/h2-7,12-14H,8-11H2,1H3,(H,22,27). The maximum absolute atomic E-state index is 12.7. The van der Waals surface area contributed by atoms with E-state index in [0.717, 1.165) is 6.41 Å². The summed E-state index contributed by atoms with van der Waals surface area (Å²) in [5.41, 5.74) is 1.80. The predicted molar refractivity (Wildman–Crippen MR) is 104 cm³/mol. The second-order valence-corrected chi connectivity index (χ2v) is 6.61. The molecule has 7 heteroatoms. The second kappa shape index (κ2) is 8.47. The Morgan fingerprint density at radius 3 is 2.21 bits per heavy atom. The number of rotatable bonds is 5. The van der Waals surface area contributed by atoms with Crippen LogP contribution in [0.4, 0.5) is 5.69 Å². The Morgan fingerprint density at radius 2 is 1.54 bits per heavy atom. The summed E-state index contributed by atoms with van der Waals surface area (Å²) in [7, 11) is 0. The Labute approximate surface area is 162 Å². The second-order valence-electron chi connectivity index (χ2n) is 6.61. The van der Waals surface area contributed by atoms with E-state index in [4.69, 9.17) is 0 Å². The summed E-state index contributed by atoms with van der Waals surface area (Å²) >= 11 is 0. The van der Waals surface area contributed by atoms with Gasteiger partial charge in [0.1, 0.15) is 0 Å². The summed E-state index contributed by atoms with van der Waals surface area (Å²) in [6.45, 7) is 3.40. The van der Waals surface area contributed by atoms with Crippen LogP contribution >= 0.6 is 0 Å².